The highest BCUT2D eigenvalue weighted by Crippen LogP contribution is 2.33. The van der Waals surface area contributed by atoms with Crippen LogP contribution in [0.25, 0.3) is 0 Å². The molecule has 0 radical (unpaired) electrons. The molecule has 1 saturated carbocycles. The standard InChI is InChI=1S/C14H21N3O/c1-17-7-6-15-14(17)9-13(18)12-8-10-4-2-3-5-11(10)16-12/h6-7,10-12,16H,2-5,8-9H2,1H3. The third kappa shape index (κ3) is 2.21. The Morgan fingerprint density at radius 1 is 1.50 bits per heavy atom. The molecule has 2 fully saturated rings. The number of carbonyl (C=O) groups is 1. The number of nitrogens with zero attached hydrogens (tertiary/aromatic N) is 2. The number of carbonyl (C=O) groups excluding carboxylic acids is 1. The van der Waals surface area contributed by atoms with Crippen LogP contribution in [0.2, 0.25) is 0 Å². The first-order valence-corrected chi connectivity index (χ1v) is 6.99. The van der Waals surface area contributed by atoms with E-state index in [4.69, 9.17) is 0 Å². The van der Waals surface area contributed by atoms with Crippen molar-refractivity contribution in [2.24, 2.45) is 13.0 Å². The van der Waals surface area contributed by atoms with Gasteiger partial charge in [-0.15, -0.1) is 0 Å². The van der Waals surface area contributed by atoms with Gasteiger partial charge in [0.1, 0.15) is 5.82 Å². The molecule has 3 rings (SSSR count). The third-order valence-corrected chi connectivity index (χ3v) is 4.50. The number of aromatic nitrogens is 2. The number of hydrogen-bond acceptors (Lipinski definition) is 3. The lowest BCUT2D eigenvalue weighted by atomic mass is 9.84. The molecule has 0 amide bonds. The number of imidazole rings is 1. The average molecular weight is 247 g/mol. The lowest BCUT2D eigenvalue weighted by Gasteiger charge is -2.24. The van der Waals surface area contributed by atoms with Crippen molar-refractivity contribution in [1.82, 2.24) is 14.9 Å². The summed E-state index contributed by atoms with van der Waals surface area (Å²) in [7, 11) is 1.94. The zero-order valence-corrected chi connectivity index (χ0v) is 10.9. The molecule has 4 heteroatoms. The van der Waals surface area contributed by atoms with Crippen LogP contribution in [0.5, 0.6) is 0 Å². The molecule has 1 saturated heterocycles. The molecule has 18 heavy (non-hydrogen) atoms. The van der Waals surface area contributed by atoms with Crippen molar-refractivity contribution in [3.8, 4) is 0 Å². The molecule has 0 aromatic carbocycles. The van der Waals surface area contributed by atoms with Crippen LogP contribution < -0.4 is 5.32 Å². The van der Waals surface area contributed by atoms with Crippen molar-refractivity contribution in [2.75, 3.05) is 0 Å². The molecule has 4 nitrogen and oxygen atoms in total. The first-order chi connectivity index (χ1) is 8.74. The Kier molecular flexibility index (Phi) is 3.20. The minimum absolute atomic E-state index is 0.0646. The van der Waals surface area contributed by atoms with Crippen LogP contribution in [0.15, 0.2) is 12.4 Å². The normalized spacial score (nSPS) is 31.3. The molecule has 1 aliphatic carbocycles. The molecule has 1 N–H and O–H groups in total. The van der Waals surface area contributed by atoms with Crippen molar-refractivity contribution in [2.45, 2.75) is 50.6 Å². The number of nitrogens with one attached hydrogen (secondary N) is 1. The van der Waals surface area contributed by atoms with Gasteiger partial charge in [-0.1, -0.05) is 12.8 Å². The zero-order chi connectivity index (χ0) is 12.5. The van der Waals surface area contributed by atoms with Gasteiger partial charge < -0.3 is 9.88 Å². The van der Waals surface area contributed by atoms with Crippen LogP contribution in [-0.2, 0) is 18.3 Å². The summed E-state index contributed by atoms with van der Waals surface area (Å²) in [5, 5.41) is 3.54. The molecule has 1 aliphatic heterocycles. The number of rotatable bonds is 3. The van der Waals surface area contributed by atoms with E-state index in [1.807, 2.05) is 17.8 Å². The van der Waals surface area contributed by atoms with E-state index in [2.05, 4.69) is 10.3 Å². The van der Waals surface area contributed by atoms with E-state index in [0.717, 1.165) is 18.2 Å². The quantitative estimate of drug-likeness (QED) is 0.879. The first kappa shape index (κ1) is 11.9. The number of hydrogen-bond donors (Lipinski definition) is 1. The number of ketones is 1. The van der Waals surface area contributed by atoms with E-state index in [9.17, 15) is 4.79 Å². The summed E-state index contributed by atoms with van der Waals surface area (Å²) in [5.41, 5.74) is 0. The van der Waals surface area contributed by atoms with Gasteiger partial charge in [0.2, 0.25) is 0 Å². The molecule has 0 bridgehead atoms. The molecule has 2 aliphatic rings. The maximum absolute atomic E-state index is 12.3. The summed E-state index contributed by atoms with van der Waals surface area (Å²) < 4.78 is 1.93. The molecular weight excluding hydrogens is 226 g/mol. The first-order valence-electron chi connectivity index (χ1n) is 6.99. The van der Waals surface area contributed by atoms with Gasteiger partial charge in [0, 0.05) is 25.5 Å². The Morgan fingerprint density at radius 3 is 3.06 bits per heavy atom. The highest BCUT2D eigenvalue weighted by atomic mass is 16.1. The minimum Gasteiger partial charge on any atom is -0.338 e. The summed E-state index contributed by atoms with van der Waals surface area (Å²) in [6.07, 6.45) is 10.3. The average Bonchev–Trinajstić information content (AvgIpc) is 2.96. The Balaban J connectivity index is 1.62. The van der Waals surface area contributed by atoms with E-state index in [0.29, 0.717) is 18.2 Å². The fourth-order valence-corrected chi connectivity index (χ4v) is 3.41. The fraction of sp³-hybridized carbons (Fsp3) is 0.714. The van der Waals surface area contributed by atoms with Gasteiger partial charge in [0.25, 0.3) is 0 Å². The largest absolute Gasteiger partial charge is 0.338 e. The van der Waals surface area contributed by atoms with Crippen LogP contribution in [-0.4, -0.2) is 27.4 Å². The van der Waals surface area contributed by atoms with E-state index < -0.39 is 0 Å². The summed E-state index contributed by atoms with van der Waals surface area (Å²) in [4.78, 5) is 16.5. The molecule has 3 unspecified atom stereocenters. The van der Waals surface area contributed by atoms with Gasteiger partial charge in [-0.25, -0.2) is 4.98 Å². The van der Waals surface area contributed by atoms with Crippen molar-refractivity contribution in [3.05, 3.63) is 18.2 Å². The Morgan fingerprint density at radius 2 is 2.33 bits per heavy atom. The maximum atomic E-state index is 12.3. The Hall–Kier alpha value is -1.16. The number of aryl methyl sites for hydroxylation is 1. The van der Waals surface area contributed by atoms with E-state index >= 15 is 0 Å². The topological polar surface area (TPSA) is 46.9 Å². The molecule has 0 spiro atoms. The maximum Gasteiger partial charge on any atom is 0.157 e. The van der Waals surface area contributed by atoms with Crippen molar-refractivity contribution in [3.63, 3.8) is 0 Å². The lowest BCUT2D eigenvalue weighted by molar-refractivity contribution is -0.120. The van der Waals surface area contributed by atoms with E-state index in [-0.39, 0.29) is 6.04 Å². The highest BCUT2D eigenvalue weighted by Gasteiger charge is 2.38. The van der Waals surface area contributed by atoms with Gasteiger partial charge >= 0.3 is 0 Å². The zero-order valence-electron chi connectivity index (χ0n) is 10.9. The second kappa shape index (κ2) is 4.84. The van der Waals surface area contributed by atoms with Crippen LogP contribution in [0.3, 0.4) is 0 Å². The van der Waals surface area contributed by atoms with E-state index in [1.54, 1.807) is 6.20 Å². The van der Waals surface area contributed by atoms with E-state index in [1.165, 1.54) is 25.7 Å². The second-order valence-corrected chi connectivity index (χ2v) is 5.70. The predicted molar refractivity (Wildman–Crippen MR) is 69.2 cm³/mol. The van der Waals surface area contributed by atoms with Crippen molar-refractivity contribution < 1.29 is 4.79 Å². The van der Waals surface area contributed by atoms with Crippen LogP contribution >= 0.6 is 0 Å². The Bertz CT molecular complexity index is 426. The van der Waals surface area contributed by atoms with Gasteiger partial charge in [0.05, 0.1) is 12.5 Å². The van der Waals surface area contributed by atoms with Crippen LogP contribution in [0.1, 0.15) is 37.9 Å². The SMILES string of the molecule is Cn1ccnc1CC(=O)C1CC2CCCCC2N1. The van der Waals surface area contributed by atoms with Gasteiger partial charge in [-0.3, -0.25) is 4.79 Å². The van der Waals surface area contributed by atoms with Crippen molar-refractivity contribution >= 4 is 5.78 Å². The van der Waals surface area contributed by atoms with Crippen molar-refractivity contribution in [1.29, 1.82) is 0 Å². The number of fused-ring (bicyclic) bond motifs is 1. The molecule has 2 heterocycles. The van der Waals surface area contributed by atoms with Crippen LogP contribution in [0.4, 0.5) is 0 Å². The molecular formula is C14H21N3O. The smallest absolute Gasteiger partial charge is 0.157 e. The minimum atomic E-state index is 0.0646. The summed E-state index contributed by atoms with van der Waals surface area (Å²) in [5.74, 6) is 1.91. The highest BCUT2D eigenvalue weighted by molar-refractivity contribution is 5.85. The van der Waals surface area contributed by atoms with Gasteiger partial charge in [-0.05, 0) is 25.2 Å². The molecule has 1 aromatic rings. The van der Waals surface area contributed by atoms with Crippen LogP contribution in [0, 0.1) is 5.92 Å². The van der Waals surface area contributed by atoms with Gasteiger partial charge in [-0.2, -0.15) is 0 Å². The monoisotopic (exact) mass is 247 g/mol. The molecule has 1 aromatic heterocycles. The summed E-state index contributed by atoms with van der Waals surface area (Å²) >= 11 is 0. The Labute approximate surface area is 108 Å². The summed E-state index contributed by atoms with van der Waals surface area (Å²) in [6.45, 7) is 0. The summed E-state index contributed by atoms with van der Waals surface area (Å²) in [6, 6.07) is 0.656. The predicted octanol–water partition coefficient (Wildman–Crippen LogP) is 1.45. The second-order valence-electron chi connectivity index (χ2n) is 5.70. The fourth-order valence-electron chi connectivity index (χ4n) is 3.41. The number of Topliss-reactive ketones (excluding diaryl/α,β-unsaturated/α-hetero) is 1. The molecule has 3 atom stereocenters. The molecule has 98 valence electrons. The van der Waals surface area contributed by atoms with Gasteiger partial charge in [0.15, 0.2) is 5.78 Å². The lowest BCUT2D eigenvalue weighted by Crippen LogP contribution is -2.38. The third-order valence-electron chi connectivity index (χ3n) is 4.50.